The molecule has 0 spiro atoms. The van der Waals surface area contributed by atoms with Gasteiger partial charge in [-0.1, -0.05) is 0 Å². The Morgan fingerprint density at radius 2 is 2.12 bits per heavy atom. The SMILES string of the molecule is CCOc1ccc(C(=O)O)cc1OCC1CC1. The normalized spacial score (nSPS) is 14.4. The van der Waals surface area contributed by atoms with Crippen LogP contribution in [0.3, 0.4) is 0 Å². The fourth-order valence-corrected chi connectivity index (χ4v) is 1.52. The van der Waals surface area contributed by atoms with Gasteiger partial charge in [0.15, 0.2) is 11.5 Å². The Labute approximate surface area is 100 Å². The average molecular weight is 236 g/mol. The second kappa shape index (κ2) is 5.08. The molecule has 1 fully saturated rings. The molecule has 0 unspecified atom stereocenters. The van der Waals surface area contributed by atoms with E-state index in [-0.39, 0.29) is 5.56 Å². The number of aromatic carboxylic acids is 1. The van der Waals surface area contributed by atoms with Gasteiger partial charge in [-0.3, -0.25) is 0 Å². The van der Waals surface area contributed by atoms with Crippen LogP contribution in [0.15, 0.2) is 18.2 Å². The van der Waals surface area contributed by atoms with Crippen molar-refractivity contribution in [1.82, 2.24) is 0 Å². The van der Waals surface area contributed by atoms with Crippen LogP contribution in [0.2, 0.25) is 0 Å². The maximum Gasteiger partial charge on any atom is 0.335 e. The Morgan fingerprint density at radius 3 is 2.71 bits per heavy atom. The molecule has 0 aliphatic heterocycles. The molecule has 0 radical (unpaired) electrons. The molecular weight excluding hydrogens is 220 g/mol. The van der Waals surface area contributed by atoms with Gasteiger partial charge in [0.1, 0.15) is 0 Å². The molecular formula is C13H16O4. The molecule has 0 bridgehead atoms. The second-order valence-electron chi connectivity index (χ2n) is 4.15. The van der Waals surface area contributed by atoms with Crippen molar-refractivity contribution in [1.29, 1.82) is 0 Å². The molecule has 1 aromatic carbocycles. The highest BCUT2D eigenvalue weighted by molar-refractivity contribution is 5.88. The number of carbonyl (C=O) groups is 1. The summed E-state index contributed by atoms with van der Waals surface area (Å²) in [6, 6.07) is 4.70. The lowest BCUT2D eigenvalue weighted by Crippen LogP contribution is -2.04. The Balaban J connectivity index is 2.15. The van der Waals surface area contributed by atoms with Crippen molar-refractivity contribution in [3.63, 3.8) is 0 Å². The Hall–Kier alpha value is -1.71. The first-order chi connectivity index (χ1) is 8.20. The molecule has 17 heavy (non-hydrogen) atoms. The second-order valence-corrected chi connectivity index (χ2v) is 4.15. The minimum absolute atomic E-state index is 0.222. The first kappa shape index (κ1) is 11.8. The highest BCUT2D eigenvalue weighted by Gasteiger charge is 2.22. The Morgan fingerprint density at radius 1 is 1.35 bits per heavy atom. The molecule has 1 N–H and O–H groups in total. The van der Waals surface area contributed by atoms with E-state index in [2.05, 4.69) is 0 Å². The van der Waals surface area contributed by atoms with E-state index in [1.807, 2.05) is 6.92 Å². The van der Waals surface area contributed by atoms with Gasteiger partial charge in [0.2, 0.25) is 0 Å². The van der Waals surface area contributed by atoms with E-state index in [4.69, 9.17) is 14.6 Å². The van der Waals surface area contributed by atoms with E-state index in [0.29, 0.717) is 30.6 Å². The molecule has 0 heterocycles. The third-order valence-electron chi connectivity index (χ3n) is 2.66. The van der Waals surface area contributed by atoms with Gasteiger partial charge in [-0.05, 0) is 43.9 Å². The summed E-state index contributed by atoms with van der Waals surface area (Å²) in [4.78, 5) is 10.9. The molecule has 1 aliphatic rings. The number of hydrogen-bond donors (Lipinski definition) is 1. The molecule has 92 valence electrons. The van der Waals surface area contributed by atoms with Gasteiger partial charge in [0.05, 0.1) is 18.8 Å². The van der Waals surface area contributed by atoms with E-state index >= 15 is 0 Å². The third-order valence-corrected chi connectivity index (χ3v) is 2.66. The minimum atomic E-state index is -0.954. The van der Waals surface area contributed by atoms with Crippen LogP contribution in [0.5, 0.6) is 11.5 Å². The number of carboxylic acids is 1. The van der Waals surface area contributed by atoms with Crippen molar-refractivity contribution < 1.29 is 19.4 Å². The van der Waals surface area contributed by atoms with Crippen LogP contribution in [-0.2, 0) is 0 Å². The summed E-state index contributed by atoms with van der Waals surface area (Å²) in [6.45, 7) is 3.06. The molecule has 1 saturated carbocycles. The van der Waals surface area contributed by atoms with Crippen LogP contribution in [-0.4, -0.2) is 24.3 Å². The van der Waals surface area contributed by atoms with E-state index in [1.165, 1.54) is 25.0 Å². The summed E-state index contributed by atoms with van der Waals surface area (Å²) in [7, 11) is 0. The monoisotopic (exact) mass is 236 g/mol. The zero-order chi connectivity index (χ0) is 12.3. The standard InChI is InChI=1S/C13H16O4/c1-2-16-11-6-5-10(13(14)15)7-12(11)17-8-9-3-4-9/h5-7,9H,2-4,8H2,1H3,(H,14,15). The molecule has 4 heteroatoms. The predicted molar refractivity (Wildman–Crippen MR) is 62.8 cm³/mol. The van der Waals surface area contributed by atoms with Crippen molar-refractivity contribution in [2.75, 3.05) is 13.2 Å². The van der Waals surface area contributed by atoms with E-state index in [1.54, 1.807) is 6.07 Å². The van der Waals surface area contributed by atoms with E-state index in [0.717, 1.165) is 0 Å². The molecule has 2 rings (SSSR count). The molecule has 1 aromatic rings. The quantitative estimate of drug-likeness (QED) is 0.824. The zero-order valence-electron chi connectivity index (χ0n) is 9.81. The molecule has 0 aromatic heterocycles. The minimum Gasteiger partial charge on any atom is -0.490 e. The first-order valence-corrected chi connectivity index (χ1v) is 5.83. The Bertz CT molecular complexity index is 410. The molecule has 4 nitrogen and oxygen atoms in total. The topological polar surface area (TPSA) is 55.8 Å². The van der Waals surface area contributed by atoms with Crippen LogP contribution in [0.25, 0.3) is 0 Å². The van der Waals surface area contributed by atoms with Crippen LogP contribution in [0, 0.1) is 5.92 Å². The third kappa shape index (κ3) is 3.12. The maximum atomic E-state index is 10.9. The summed E-state index contributed by atoms with van der Waals surface area (Å²) >= 11 is 0. The van der Waals surface area contributed by atoms with Crippen molar-refractivity contribution >= 4 is 5.97 Å². The fourth-order valence-electron chi connectivity index (χ4n) is 1.52. The van der Waals surface area contributed by atoms with Crippen molar-refractivity contribution in [2.24, 2.45) is 5.92 Å². The molecule has 1 aliphatic carbocycles. The van der Waals surface area contributed by atoms with Crippen molar-refractivity contribution in [3.05, 3.63) is 23.8 Å². The largest absolute Gasteiger partial charge is 0.490 e. The Kier molecular flexibility index (Phi) is 3.52. The number of hydrogen-bond acceptors (Lipinski definition) is 3. The highest BCUT2D eigenvalue weighted by Crippen LogP contribution is 2.33. The molecule has 0 atom stereocenters. The maximum absolute atomic E-state index is 10.9. The summed E-state index contributed by atoms with van der Waals surface area (Å²) in [5.74, 6) is 0.805. The van der Waals surface area contributed by atoms with E-state index in [9.17, 15) is 4.79 Å². The lowest BCUT2D eigenvalue weighted by Gasteiger charge is -2.12. The highest BCUT2D eigenvalue weighted by atomic mass is 16.5. The zero-order valence-corrected chi connectivity index (χ0v) is 9.81. The number of carboxylic acid groups (broad SMARTS) is 1. The van der Waals surface area contributed by atoms with Gasteiger partial charge in [-0.15, -0.1) is 0 Å². The van der Waals surface area contributed by atoms with Crippen LogP contribution in [0.1, 0.15) is 30.1 Å². The van der Waals surface area contributed by atoms with E-state index < -0.39 is 5.97 Å². The van der Waals surface area contributed by atoms with Crippen LogP contribution in [0.4, 0.5) is 0 Å². The van der Waals surface area contributed by atoms with Gasteiger partial charge >= 0.3 is 5.97 Å². The summed E-state index contributed by atoms with van der Waals surface area (Å²) < 4.78 is 11.0. The average Bonchev–Trinajstić information content (AvgIpc) is 3.11. The number of rotatable bonds is 6. The number of benzene rings is 1. The predicted octanol–water partition coefficient (Wildman–Crippen LogP) is 2.57. The lowest BCUT2D eigenvalue weighted by molar-refractivity contribution is 0.0696. The lowest BCUT2D eigenvalue weighted by atomic mass is 10.2. The summed E-state index contributed by atoms with van der Waals surface area (Å²) in [5.41, 5.74) is 0.222. The summed E-state index contributed by atoms with van der Waals surface area (Å²) in [6.07, 6.45) is 2.39. The molecule has 0 saturated heterocycles. The van der Waals surface area contributed by atoms with Gasteiger partial charge in [0, 0.05) is 0 Å². The van der Waals surface area contributed by atoms with Gasteiger partial charge < -0.3 is 14.6 Å². The van der Waals surface area contributed by atoms with Gasteiger partial charge in [0.25, 0.3) is 0 Å². The van der Waals surface area contributed by atoms with Crippen molar-refractivity contribution in [2.45, 2.75) is 19.8 Å². The van der Waals surface area contributed by atoms with Gasteiger partial charge in [-0.2, -0.15) is 0 Å². The number of ether oxygens (including phenoxy) is 2. The molecule has 0 amide bonds. The van der Waals surface area contributed by atoms with Gasteiger partial charge in [-0.25, -0.2) is 4.79 Å². The van der Waals surface area contributed by atoms with Crippen LogP contribution < -0.4 is 9.47 Å². The van der Waals surface area contributed by atoms with Crippen LogP contribution >= 0.6 is 0 Å². The first-order valence-electron chi connectivity index (χ1n) is 5.83. The fraction of sp³-hybridized carbons (Fsp3) is 0.462. The van der Waals surface area contributed by atoms with Crippen molar-refractivity contribution in [3.8, 4) is 11.5 Å². The smallest absolute Gasteiger partial charge is 0.335 e. The summed E-state index contributed by atoms with van der Waals surface area (Å²) in [5, 5.41) is 8.92.